The largest absolute Gasteiger partial charge is 0.779 e. The van der Waals surface area contributed by atoms with E-state index in [0.717, 1.165) is 27.5 Å². The van der Waals surface area contributed by atoms with E-state index in [2.05, 4.69) is 0 Å². The molecule has 0 atom stereocenters. The van der Waals surface area contributed by atoms with Crippen LogP contribution < -0.4 is 0 Å². The smallest absolute Gasteiger partial charge is 0.180 e. The summed E-state index contributed by atoms with van der Waals surface area (Å²) in [6.07, 6.45) is 0. The Morgan fingerprint density at radius 3 is 2.00 bits per heavy atom. The summed E-state index contributed by atoms with van der Waals surface area (Å²) < 4.78 is 1.87. The molecule has 0 radical (unpaired) electrons. The van der Waals surface area contributed by atoms with Gasteiger partial charge >= 0.3 is 0 Å². The third-order valence-corrected chi connectivity index (χ3v) is 4.12. The van der Waals surface area contributed by atoms with Gasteiger partial charge in [-0.1, -0.05) is 72.8 Å². The average molecular weight is 394 g/mol. The molecule has 0 fully saturated rings. The van der Waals surface area contributed by atoms with E-state index in [4.69, 9.17) is 22.7 Å². The van der Waals surface area contributed by atoms with E-state index < -0.39 is 0 Å². The van der Waals surface area contributed by atoms with Gasteiger partial charge in [0.25, 0.3) is 0 Å². The maximum Gasteiger partial charge on any atom is 0.180 e. The van der Waals surface area contributed by atoms with Gasteiger partial charge in [0.15, 0.2) is 11.6 Å². The Kier molecular flexibility index (Phi) is 5.37. The summed E-state index contributed by atoms with van der Waals surface area (Å²) in [5, 5.41) is 4.73. The van der Waals surface area contributed by atoms with E-state index in [-0.39, 0.29) is 19.5 Å². The zero-order valence-electron chi connectivity index (χ0n) is 13.5. The molecule has 0 bridgehead atoms. The second-order valence-electron chi connectivity index (χ2n) is 5.37. The Hall–Kier alpha value is -2.36. The SMILES string of the molecule is [S-]c1ccccc1-c1nc(-c2ccccc2)n(-c2ccccc2)n1.[Zn]. The molecule has 25 heavy (non-hydrogen) atoms. The topological polar surface area (TPSA) is 30.7 Å². The van der Waals surface area contributed by atoms with Crippen LogP contribution in [0.2, 0.25) is 0 Å². The van der Waals surface area contributed by atoms with Crippen molar-refractivity contribution in [2.75, 3.05) is 0 Å². The zero-order valence-corrected chi connectivity index (χ0v) is 17.3. The molecule has 5 heteroatoms. The van der Waals surface area contributed by atoms with Crippen LogP contribution in [0.1, 0.15) is 0 Å². The molecule has 0 aliphatic heterocycles. The Morgan fingerprint density at radius 1 is 0.720 bits per heavy atom. The molecule has 1 aromatic heterocycles. The molecule has 0 unspecified atom stereocenters. The standard InChI is InChI=1S/C20H15N3S.Zn/c24-18-14-8-7-13-17(18)19-21-20(15-9-3-1-4-10-15)23(22-19)16-11-5-2-6-12-16;/h1-14,24H;/p-1. The van der Waals surface area contributed by atoms with Gasteiger partial charge in [0, 0.05) is 30.6 Å². The average Bonchev–Trinajstić information content (AvgIpc) is 3.09. The Labute approximate surface area is 164 Å². The van der Waals surface area contributed by atoms with Gasteiger partial charge in [-0.25, -0.2) is 9.67 Å². The Morgan fingerprint density at radius 2 is 1.32 bits per heavy atom. The van der Waals surface area contributed by atoms with Crippen molar-refractivity contribution in [3.05, 3.63) is 84.9 Å². The molecule has 0 amide bonds. The fraction of sp³-hybridized carbons (Fsp3) is 0. The summed E-state index contributed by atoms with van der Waals surface area (Å²) in [5.74, 6) is 1.44. The van der Waals surface area contributed by atoms with Crippen LogP contribution in [0.5, 0.6) is 0 Å². The summed E-state index contributed by atoms with van der Waals surface area (Å²) >= 11 is 5.43. The molecule has 0 N–H and O–H groups in total. The van der Waals surface area contributed by atoms with Crippen molar-refractivity contribution in [2.24, 2.45) is 0 Å². The van der Waals surface area contributed by atoms with Gasteiger partial charge in [-0.15, -0.1) is 5.10 Å². The van der Waals surface area contributed by atoms with E-state index in [1.54, 1.807) is 0 Å². The number of para-hydroxylation sites is 1. The van der Waals surface area contributed by atoms with Crippen molar-refractivity contribution in [3.63, 3.8) is 0 Å². The van der Waals surface area contributed by atoms with Crippen molar-refractivity contribution in [1.82, 2.24) is 14.8 Å². The monoisotopic (exact) mass is 392 g/mol. The van der Waals surface area contributed by atoms with Gasteiger partial charge in [0.05, 0.1) is 5.69 Å². The second kappa shape index (κ2) is 7.69. The Balaban J connectivity index is 0.00000182. The minimum Gasteiger partial charge on any atom is -0.779 e. The van der Waals surface area contributed by atoms with Crippen LogP contribution in [0.15, 0.2) is 89.8 Å². The van der Waals surface area contributed by atoms with Crippen LogP contribution in [-0.4, -0.2) is 14.8 Å². The first-order valence-electron chi connectivity index (χ1n) is 7.67. The van der Waals surface area contributed by atoms with E-state index >= 15 is 0 Å². The van der Waals surface area contributed by atoms with E-state index in [1.165, 1.54) is 0 Å². The second-order valence-corrected chi connectivity index (χ2v) is 5.81. The molecule has 0 spiro atoms. The van der Waals surface area contributed by atoms with Crippen LogP contribution in [0.4, 0.5) is 0 Å². The Bertz CT molecular complexity index is 912. The number of hydrogen-bond donors (Lipinski definition) is 0. The van der Waals surface area contributed by atoms with Crippen LogP contribution in [0, 0.1) is 0 Å². The quantitative estimate of drug-likeness (QED) is 0.379. The molecule has 0 saturated carbocycles. The number of benzene rings is 3. The predicted octanol–water partition coefficient (Wildman–Crippen LogP) is 4.50. The number of rotatable bonds is 3. The maximum atomic E-state index is 5.43. The summed E-state index contributed by atoms with van der Waals surface area (Å²) in [6, 6.07) is 27.8. The van der Waals surface area contributed by atoms with Crippen molar-refractivity contribution in [3.8, 4) is 28.5 Å². The minimum absolute atomic E-state index is 0. The van der Waals surface area contributed by atoms with Gasteiger partial charge in [0.2, 0.25) is 0 Å². The number of aromatic nitrogens is 3. The summed E-state index contributed by atoms with van der Waals surface area (Å²) in [7, 11) is 0. The molecule has 3 nitrogen and oxygen atoms in total. The van der Waals surface area contributed by atoms with Gasteiger partial charge in [-0.05, 0) is 12.1 Å². The van der Waals surface area contributed by atoms with E-state index in [9.17, 15) is 0 Å². The first-order valence-corrected chi connectivity index (χ1v) is 8.08. The number of nitrogens with zero attached hydrogens (tertiary/aromatic N) is 3. The van der Waals surface area contributed by atoms with E-state index in [0.29, 0.717) is 5.82 Å². The minimum atomic E-state index is 0. The van der Waals surface area contributed by atoms with Gasteiger partial charge in [-0.3, -0.25) is 0 Å². The van der Waals surface area contributed by atoms with Gasteiger partial charge < -0.3 is 12.6 Å². The van der Waals surface area contributed by atoms with Gasteiger partial charge in [-0.2, -0.15) is 4.90 Å². The summed E-state index contributed by atoms with van der Waals surface area (Å²) in [4.78, 5) is 5.53. The maximum absolute atomic E-state index is 5.43. The molecular formula is C20H14N3SZn-. The van der Waals surface area contributed by atoms with Crippen molar-refractivity contribution in [1.29, 1.82) is 0 Å². The third kappa shape index (κ3) is 3.53. The first-order chi connectivity index (χ1) is 11.8. The van der Waals surface area contributed by atoms with Crippen molar-refractivity contribution >= 4 is 12.6 Å². The molecule has 3 aromatic carbocycles. The van der Waals surface area contributed by atoms with Gasteiger partial charge in [0.1, 0.15) is 0 Å². The number of hydrogen-bond acceptors (Lipinski definition) is 3. The summed E-state index contributed by atoms with van der Waals surface area (Å²) in [6.45, 7) is 0. The molecular weight excluding hydrogens is 380 g/mol. The predicted molar refractivity (Wildman–Crippen MR) is 97.9 cm³/mol. The van der Waals surface area contributed by atoms with E-state index in [1.807, 2.05) is 89.6 Å². The van der Waals surface area contributed by atoms with Crippen molar-refractivity contribution < 1.29 is 19.5 Å². The molecule has 118 valence electrons. The third-order valence-electron chi connectivity index (χ3n) is 3.77. The molecule has 1 heterocycles. The fourth-order valence-electron chi connectivity index (χ4n) is 2.60. The van der Waals surface area contributed by atoms with Crippen LogP contribution in [-0.2, 0) is 32.1 Å². The summed E-state index contributed by atoms with van der Waals surface area (Å²) in [5.41, 5.74) is 2.86. The van der Waals surface area contributed by atoms with Crippen molar-refractivity contribution in [2.45, 2.75) is 4.90 Å². The normalized spacial score (nSPS) is 10.2. The molecule has 4 aromatic rings. The molecule has 0 aliphatic rings. The van der Waals surface area contributed by atoms with Crippen LogP contribution in [0.3, 0.4) is 0 Å². The molecule has 0 saturated heterocycles. The molecule has 4 rings (SSSR count). The van der Waals surface area contributed by atoms with Crippen LogP contribution >= 0.6 is 0 Å². The zero-order chi connectivity index (χ0) is 16.4. The fourth-order valence-corrected chi connectivity index (χ4v) is 2.84. The van der Waals surface area contributed by atoms with Crippen LogP contribution in [0.25, 0.3) is 28.5 Å². The first kappa shape index (κ1) is 17.5. The molecule has 0 aliphatic carbocycles.